The number of hydrogen-bond acceptors (Lipinski definition) is 12. The minimum atomic E-state index is -1.75. The molecular formula is H16CoN7O7. The SMILES string of the molecule is N.N.N.N.N.O=[N+]([O-])[O-].O=[N+]([O-])[O-].[OH][Co+2]. The molecule has 0 aromatic heterocycles. The average molecular weight is 285 g/mol. The third-order valence-electron chi connectivity index (χ3n) is 0. The third-order valence-corrected chi connectivity index (χ3v) is 0. The second-order valence-electron chi connectivity index (χ2n) is 0.447. The number of rotatable bonds is 0. The van der Waals surface area contributed by atoms with Crippen LogP contribution in [0.2, 0.25) is 0 Å². The molecule has 0 aliphatic carbocycles. The van der Waals surface area contributed by atoms with Crippen molar-refractivity contribution in [2.24, 2.45) is 0 Å². The van der Waals surface area contributed by atoms with E-state index in [1.54, 1.807) is 0 Å². The van der Waals surface area contributed by atoms with Crippen molar-refractivity contribution in [2.45, 2.75) is 0 Å². The molecule has 0 atom stereocenters. The van der Waals surface area contributed by atoms with Crippen molar-refractivity contribution in [3.05, 3.63) is 30.6 Å². The Kier molecular flexibility index (Phi) is 360. The van der Waals surface area contributed by atoms with E-state index in [4.69, 9.17) is 34.9 Å². The van der Waals surface area contributed by atoms with Crippen LogP contribution in [0.3, 0.4) is 0 Å². The van der Waals surface area contributed by atoms with Gasteiger partial charge < -0.3 is 61.4 Å². The number of nitrogens with zero attached hydrogens (tertiary/aromatic N) is 2. The first kappa shape index (κ1) is 68.3. The third kappa shape index (κ3) is 810. The van der Waals surface area contributed by atoms with E-state index in [0.717, 1.165) is 0 Å². The van der Waals surface area contributed by atoms with Gasteiger partial charge in [-0.25, -0.2) is 0 Å². The second kappa shape index (κ2) is 79.2. The van der Waals surface area contributed by atoms with Gasteiger partial charge in [0.25, 0.3) is 0 Å². The fourth-order valence-electron chi connectivity index (χ4n) is 0. The van der Waals surface area contributed by atoms with Crippen LogP contribution in [0, 0.1) is 30.6 Å². The van der Waals surface area contributed by atoms with Crippen LogP contribution in [0.5, 0.6) is 0 Å². The monoisotopic (exact) mass is 285 g/mol. The van der Waals surface area contributed by atoms with Crippen molar-refractivity contribution in [3.63, 3.8) is 0 Å². The van der Waals surface area contributed by atoms with Gasteiger partial charge >= 0.3 is 20.3 Å². The van der Waals surface area contributed by atoms with Crippen molar-refractivity contribution >= 4 is 0 Å². The van der Waals surface area contributed by atoms with E-state index >= 15 is 0 Å². The molecule has 14 nitrogen and oxygen atoms in total. The summed E-state index contributed by atoms with van der Waals surface area (Å²) in [7, 11) is 0. The predicted molar refractivity (Wildman–Crippen MR) is 48.1 cm³/mol. The Labute approximate surface area is 92.7 Å². The number of hydrogen-bond donors (Lipinski definition) is 6. The summed E-state index contributed by atoms with van der Waals surface area (Å²) in [5.74, 6) is 0. The molecule has 0 aliphatic heterocycles. The molecule has 0 fully saturated rings. The van der Waals surface area contributed by atoms with Crippen molar-refractivity contribution in [1.29, 1.82) is 0 Å². The molecular weight excluding hydrogens is 269 g/mol. The summed E-state index contributed by atoms with van der Waals surface area (Å²) in [6.07, 6.45) is 0. The van der Waals surface area contributed by atoms with E-state index in [2.05, 4.69) is 16.1 Å². The van der Waals surface area contributed by atoms with Gasteiger partial charge in [-0.05, 0) is 0 Å². The van der Waals surface area contributed by atoms with Gasteiger partial charge in [0, 0.05) is 0 Å². The zero-order chi connectivity index (χ0) is 9.15. The standard InChI is InChI=1S/Co.2NO3.5H3N.H2O/c;2*2-1(3)4;;;;;;/h;;;5*1H3;1H2/q+3;2*-1;;;;;;/p-1. The van der Waals surface area contributed by atoms with Gasteiger partial charge in [0.2, 0.25) is 0 Å². The maximum absolute atomic E-state index is 8.25. The summed E-state index contributed by atoms with van der Waals surface area (Å²) >= 11 is 2.56. The van der Waals surface area contributed by atoms with E-state index in [9.17, 15) is 0 Å². The summed E-state index contributed by atoms with van der Waals surface area (Å²) in [6, 6.07) is 0. The van der Waals surface area contributed by atoms with E-state index in [0.29, 0.717) is 0 Å². The Morgan fingerprint density at radius 3 is 0.667 bits per heavy atom. The fraction of sp³-hybridized carbons (Fsp3) is 0. The molecule has 0 aromatic rings. The van der Waals surface area contributed by atoms with E-state index in [1.165, 1.54) is 0 Å². The van der Waals surface area contributed by atoms with Crippen molar-refractivity contribution < 1.29 is 30.5 Å². The fourth-order valence-corrected chi connectivity index (χ4v) is 0. The van der Waals surface area contributed by atoms with Gasteiger partial charge in [0.1, 0.15) is 0 Å². The maximum atomic E-state index is 8.25. The first-order valence-electron chi connectivity index (χ1n) is 1.24. The summed E-state index contributed by atoms with van der Waals surface area (Å²) < 4.78 is 6.69. The Balaban J connectivity index is -0.00000000726. The minimum absolute atomic E-state index is 0. The van der Waals surface area contributed by atoms with Crippen LogP contribution in [0.4, 0.5) is 0 Å². The molecule has 15 heteroatoms. The van der Waals surface area contributed by atoms with Gasteiger partial charge in [-0.2, -0.15) is 0 Å². The molecule has 0 rings (SSSR count). The van der Waals surface area contributed by atoms with Crippen LogP contribution in [-0.4, -0.2) is 14.4 Å². The molecule has 0 heterocycles. The average Bonchev–Trinajstić information content (AvgIpc) is 1.66. The summed E-state index contributed by atoms with van der Waals surface area (Å²) in [4.78, 5) is 16.5. The quantitative estimate of drug-likeness (QED) is 0.248. The Bertz CT molecular complexity index is 77.3. The van der Waals surface area contributed by atoms with Crippen LogP contribution in [0.1, 0.15) is 0 Å². The van der Waals surface area contributed by atoms with Crippen molar-refractivity contribution in [2.75, 3.05) is 0 Å². The zero-order valence-electron chi connectivity index (χ0n) is 7.66. The molecule has 0 spiro atoms. The summed E-state index contributed by atoms with van der Waals surface area (Å²) in [6.45, 7) is 0. The van der Waals surface area contributed by atoms with Crippen molar-refractivity contribution in [3.8, 4) is 0 Å². The van der Waals surface area contributed by atoms with E-state index in [1.807, 2.05) is 0 Å². The van der Waals surface area contributed by atoms with Gasteiger partial charge in [0.05, 0.1) is 10.2 Å². The molecule has 0 bridgehead atoms. The first-order chi connectivity index (χ1) is 4.46. The first-order valence-corrected chi connectivity index (χ1v) is 1.71. The van der Waals surface area contributed by atoms with Crippen LogP contribution < -0.4 is 30.8 Å². The Hall–Kier alpha value is -1.33. The molecule has 15 heavy (non-hydrogen) atoms. The van der Waals surface area contributed by atoms with Crippen molar-refractivity contribution in [1.82, 2.24) is 30.8 Å². The molecule has 0 unspecified atom stereocenters. The van der Waals surface area contributed by atoms with Crippen LogP contribution in [0.15, 0.2) is 0 Å². The zero-order valence-corrected chi connectivity index (χ0v) is 8.70. The topological polar surface area (TPSA) is 328 Å². The van der Waals surface area contributed by atoms with E-state index < -0.39 is 10.2 Å². The van der Waals surface area contributed by atoms with Gasteiger partial charge in [-0.15, -0.1) is 0 Å². The molecule has 0 radical (unpaired) electrons. The summed E-state index contributed by atoms with van der Waals surface area (Å²) in [5.41, 5.74) is 0. The van der Waals surface area contributed by atoms with Gasteiger partial charge in [-0.1, -0.05) is 0 Å². The van der Waals surface area contributed by atoms with Crippen LogP contribution in [-0.2, 0) is 16.1 Å². The molecule has 102 valence electrons. The van der Waals surface area contributed by atoms with Gasteiger partial charge in [0.15, 0.2) is 0 Å². The normalized spacial score (nSPS) is 3.60. The Morgan fingerprint density at radius 2 is 0.667 bits per heavy atom. The van der Waals surface area contributed by atoms with E-state index in [-0.39, 0.29) is 30.8 Å². The summed E-state index contributed by atoms with van der Waals surface area (Å²) in [5, 5.41) is 29.5. The molecule has 0 aromatic carbocycles. The molecule has 16 N–H and O–H groups in total. The molecule has 0 aliphatic rings. The molecule has 0 saturated heterocycles. The molecule has 0 saturated carbocycles. The van der Waals surface area contributed by atoms with Crippen LogP contribution in [0.25, 0.3) is 0 Å². The predicted octanol–water partition coefficient (Wildman–Crippen LogP) is -0.228. The Morgan fingerprint density at radius 1 is 0.667 bits per heavy atom. The van der Waals surface area contributed by atoms with Gasteiger partial charge in [-0.3, -0.25) is 0 Å². The molecule has 0 amide bonds. The second-order valence-corrected chi connectivity index (χ2v) is 0.447. The van der Waals surface area contributed by atoms with Crippen LogP contribution >= 0.6 is 0 Å².